The van der Waals surface area contributed by atoms with Crippen molar-refractivity contribution in [2.75, 3.05) is 7.05 Å². The average Bonchev–Trinajstić information content (AvgIpc) is 2.46. The molecule has 0 spiro atoms. The van der Waals surface area contributed by atoms with Crippen molar-refractivity contribution in [2.45, 2.75) is 51.1 Å². The van der Waals surface area contributed by atoms with Gasteiger partial charge in [0, 0.05) is 25.4 Å². The molecule has 1 amide bonds. The van der Waals surface area contributed by atoms with Gasteiger partial charge in [-0.15, -0.1) is 0 Å². The van der Waals surface area contributed by atoms with Gasteiger partial charge in [-0.1, -0.05) is 19.3 Å². The predicted molar refractivity (Wildman–Crippen MR) is 72.9 cm³/mol. The molecule has 0 radical (unpaired) electrons. The predicted octanol–water partition coefficient (Wildman–Crippen LogP) is 1.60. The van der Waals surface area contributed by atoms with Gasteiger partial charge in [0.1, 0.15) is 6.04 Å². The van der Waals surface area contributed by atoms with E-state index in [1.54, 1.807) is 17.9 Å². The van der Waals surface area contributed by atoms with Crippen LogP contribution in [-0.4, -0.2) is 33.7 Å². The molecule has 1 aliphatic carbocycles. The van der Waals surface area contributed by atoms with Crippen LogP contribution in [0.15, 0.2) is 23.1 Å². The third-order valence-electron chi connectivity index (χ3n) is 3.94. The normalized spacial score (nSPS) is 18.0. The van der Waals surface area contributed by atoms with Gasteiger partial charge in [-0.3, -0.25) is 9.59 Å². The number of carbonyl (C=O) groups is 1. The number of rotatable bonds is 3. The van der Waals surface area contributed by atoms with Gasteiger partial charge in [-0.05, 0) is 25.8 Å². The first-order valence-corrected chi connectivity index (χ1v) is 6.92. The molecule has 0 N–H and O–H groups in total. The highest BCUT2D eigenvalue weighted by molar-refractivity contribution is 5.80. The van der Waals surface area contributed by atoms with E-state index in [2.05, 4.69) is 5.10 Å². The van der Waals surface area contributed by atoms with Crippen LogP contribution >= 0.6 is 0 Å². The van der Waals surface area contributed by atoms with Crippen LogP contribution in [0.1, 0.15) is 45.1 Å². The minimum Gasteiger partial charge on any atom is -0.341 e. The third-order valence-corrected chi connectivity index (χ3v) is 3.94. The smallest absolute Gasteiger partial charge is 0.267 e. The van der Waals surface area contributed by atoms with Crippen LogP contribution in [0.4, 0.5) is 0 Å². The van der Waals surface area contributed by atoms with E-state index in [9.17, 15) is 9.59 Å². The number of hydrogen-bond acceptors (Lipinski definition) is 3. The molecule has 1 fully saturated rings. The van der Waals surface area contributed by atoms with Crippen LogP contribution in [0.3, 0.4) is 0 Å². The Balaban J connectivity index is 2.10. The van der Waals surface area contributed by atoms with Crippen LogP contribution in [0.25, 0.3) is 0 Å². The summed E-state index contributed by atoms with van der Waals surface area (Å²) in [4.78, 5) is 25.9. The second kappa shape index (κ2) is 5.99. The summed E-state index contributed by atoms with van der Waals surface area (Å²) in [5.41, 5.74) is -0.236. The number of hydrogen-bond donors (Lipinski definition) is 0. The first-order valence-electron chi connectivity index (χ1n) is 6.92. The molecule has 5 nitrogen and oxygen atoms in total. The van der Waals surface area contributed by atoms with E-state index in [0.717, 1.165) is 12.8 Å². The Labute approximate surface area is 113 Å². The SMILES string of the molecule is CC(C(=O)N(C)C1CCCCC1)n1ncccc1=O. The lowest BCUT2D eigenvalue weighted by atomic mass is 9.94. The van der Waals surface area contributed by atoms with Crippen molar-refractivity contribution in [3.05, 3.63) is 28.7 Å². The molecular weight excluding hydrogens is 242 g/mol. The van der Waals surface area contributed by atoms with E-state index in [1.807, 2.05) is 7.05 Å². The van der Waals surface area contributed by atoms with E-state index in [1.165, 1.54) is 36.2 Å². The lowest BCUT2D eigenvalue weighted by molar-refractivity contribution is -0.136. The van der Waals surface area contributed by atoms with Crippen LogP contribution in [0.2, 0.25) is 0 Å². The summed E-state index contributed by atoms with van der Waals surface area (Å²) in [6, 6.07) is 2.78. The van der Waals surface area contributed by atoms with Crippen molar-refractivity contribution < 1.29 is 4.79 Å². The Kier molecular flexibility index (Phi) is 4.35. The Hall–Kier alpha value is -1.65. The van der Waals surface area contributed by atoms with Gasteiger partial charge in [-0.25, -0.2) is 4.68 Å². The summed E-state index contributed by atoms with van der Waals surface area (Å²) in [5, 5.41) is 3.98. The molecule has 1 saturated carbocycles. The van der Waals surface area contributed by atoms with Gasteiger partial charge in [-0.2, -0.15) is 5.10 Å². The van der Waals surface area contributed by atoms with Crippen LogP contribution < -0.4 is 5.56 Å². The first kappa shape index (κ1) is 13.8. The van der Waals surface area contributed by atoms with Crippen LogP contribution in [-0.2, 0) is 4.79 Å². The number of nitrogens with zero attached hydrogens (tertiary/aromatic N) is 3. The van der Waals surface area contributed by atoms with Crippen LogP contribution in [0.5, 0.6) is 0 Å². The average molecular weight is 263 g/mol. The molecule has 1 heterocycles. The summed E-state index contributed by atoms with van der Waals surface area (Å²) in [7, 11) is 1.84. The summed E-state index contributed by atoms with van der Waals surface area (Å²) >= 11 is 0. The van der Waals surface area contributed by atoms with E-state index in [-0.39, 0.29) is 11.5 Å². The topological polar surface area (TPSA) is 55.2 Å². The lowest BCUT2D eigenvalue weighted by Crippen LogP contribution is -2.43. The van der Waals surface area contributed by atoms with Gasteiger partial charge in [0.15, 0.2) is 0 Å². The molecule has 1 unspecified atom stereocenters. The zero-order valence-electron chi connectivity index (χ0n) is 11.6. The molecule has 1 aliphatic rings. The van der Waals surface area contributed by atoms with Gasteiger partial charge >= 0.3 is 0 Å². The standard InChI is InChI=1S/C14H21N3O2/c1-11(17-13(18)9-6-10-15-17)14(19)16(2)12-7-4-3-5-8-12/h6,9-12H,3-5,7-8H2,1-2H3. The second-order valence-electron chi connectivity index (χ2n) is 5.22. The molecule has 104 valence electrons. The number of carbonyl (C=O) groups excluding carboxylic acids is 1. The summed E-state index contributed by atoms with van der Waals surface area (Å²) in [6.45, 7) is 1.73. The molecule has 0 aromatic carbocycles. The van der Waals surface area contributed by atoms with Gasteiger partial charge in [0.2, 0.25) is 5.91 Å². The van der Waals surface area contributed by atoms with Gasteiger partial charge in [0.25, 0.3) is 5.56 Å². The van der Waals surface area contributed by atoms with E-state index in [4.69, 9.17) is 0 Å². The van der Waals surface area contributed by atoms with E-state index >= 15 is 0 Å². The fourth-order valence-electron chi connectivity index (χ4n) is 2.71. The van der Waals surface area contributed by atoms with E-state index in [0.29, 0.717) is 6.04 Å². The highest BCUT2D eigenvalue weighted by Crippen LogP contribution is 2.23. The molecule has 0 saturated heterocycles. The van der Waals surface area contributed by atoms with Gasteiger partial charge < -0.3 is 4.90 Å². The third kappa shape index (κ3) is 3.03. The maximum absolute atomic E-state index is 12.4. The Morgan fingerprint density at radius 1 is 1.42 bits per heavy atom. The molecule has 1 aromatic heterocycles. The van der Waals surface area contributed by atoms with Gasteiger partial charge in [0.05, 0.1) is 0 Å². The first-order chi connectivity index (χ1) is 9.11. The number of amides is 1. The molecule has 1 atom stereocenters. The molecular formula is C14H21N3O2. The Morgan fingerprint density at radius 2 is 2.11 bits per heavy atom. The highest BCUT2D eigenvalue weighted by Gasteiger charge is 2.27. The zero-order chi connectivity index (χ0) is 13.8. The van der Waals surface area contributed by atoms with Crippen molar-refractivity contribution in [1.82, 2.24) is 14.7 Å². The largest absolute Gasteiger partial charge is 0.341 e. The Morgan fingerprint density at radius 3 is 2.74 bits per heavy atom. The van der Waals surface area contributed by atoms with Crippen LogP contribution in [0, 0.1) is 0 Å². The Bertz CT molecular complexity index is 491. The summed E-state index contributed by atoms with van der Waals surface area (Å²) < 4.78 is 1.25. The number of aromatic nitrogens is 2. The number of likely N-dealkylation sites (N-methyl/N-ethyl adjacent to an activating group) is 1. The van der Waals surface area contributed by atoms with Crippen molar-refractivity contribution >= 4 is 5.91 Å². The fraction of sp³-hybridized carbons (Fsp3) is 0.643. The fourth-order valence-corrected chi connectivity index (χ4v) is 2.71. The summed E-state index contributed by atoms with van der Waals surface area (Å²) in [6.07, 6.45) is 7.28. The molecule has 19 heavy (non-hydrogen) atoms. The molecule has 0 bridgehead atoms. The summed E-state index contributed by atoms with van der Waals surface area (Å²) in [5.74, 6) is -0.0345. The minimum atomic E-state index is -0.541. The molecule has 5 heteroatoms. The molecule has 1 aromatic rings. The zero-order valence-corrected chi connectivity index (χ0v) is 11.6. The highest BCUT2D eigenvalue weighted by atomic mass is 16.2. The van der Waals surface area contributed by atoms with E-state index < -0.39 is 6.04 Å². The quantitative estimate of drug-likeness (QED) is 0.832. The minimum absolute atomic E-state index is 0.0345. The molecule has 0 aliphatic heterocycles. The lowest BCUT2D eigenvalue weighted by Gasteiger charge is -2.33. The van der Waals surface area contributed by atoms with Crippen molar-refractivity contribution in [2.24, 2.45) is 0 Å². The maximum Gasteiger partial charge on any atom is 0.267 e. The monoisotopic (exact) mass is 263 g/mol. The van der Waals surface area contributed by atoms with Crippen molar-refractivity contribution in [1.29, 1.82) is 0 Å². The maximum atomic E-state index is 12.4. The molecule has 2 rings (SSSR count). The second-order valence-corrected chi connectivity index (χ2v) is 5.22. The van der Waals surface area contributed by atoms with Crippen molar-refractivity contribution in [3.63, 3.8) is 0 Å². The van der Waals surface area contributed by atoms with Crippen molar-refractivity contribution in [3.8, 4) is 0 Å².